The van der Waals surface area contributed by atoms with Gasteiger partial charge in [-0.15, -0.1) is 29.1 Å². The molecule has 0 spiro atoms. The fourth-order valence-corrected chi connectivity index (χ4v) is 6.33. The van der Waals surface area contributed by atoms with Gasteiger partial charge in [-0.3, -0.25) is 9.78 Å². The smallest absolute Gasteiger partial charge is 0.454 e. The maximum Gasteiger partial charge on any atom is 0.454 e. The van der Waals surface area contributed by atoms with Crippen molar-refractivity contribution >= 4 is 27.5 Å². The Morgan fingerprint density at radius 2 is 1.64 bits per heavy atom. The normalized spacial score (nSPS) is 15.7. The van der Waals surface area contributed by atoms with Gasteiger partial charge >= 0.3 is 6.18 Å². The summed E-state index contributed by atoms with van der Waals surface area (Å²) in [5.41, 5.74) is 9.30. The summed E-state index contributed by atoms with van der Waals surface area (Å²) >= 11 is 0. The molecule has 0 bridgehead atoms. The third kappa shape index (κ3) is 9.32. The molecule has 47 heavy (non-hydrogen) atoms. The number of nitrogens with zero attached hydrogens (tertiary/aromatic N) is 1. The van der Waals surface area contributed by atoms with Crippen molar-refractivity contribution in [2.75, 3.05) is 0 Å². The standard InChI is InChI=1S/C33H38N.C7H9F3O2.Ir/c1-21-16-22(2)31-27(23-12-14-33(6,7)15-13-23)20-29(34-30(31)17-21)25-18-24-10-8-9-11-26(24)28(19-25)32(3,4)5;1-4(2)5(11)3-6(12)7(8,9)10;/h8-11,16-17,19-20,23H,12-15H2,1-7H3;3-4,11H,1-2H3;/q-1;;/b;5-3-;. The minimum absolute atomic E-state index is 0. The van der Waals surface area contributed by atoms with E-state index in [-0.39, 0.29) is 31.6 Å². The molecule has 1 heterocycles. The number of hydrogen-bond acceptors (Lipinski definition) is 3. The number of carbonyl (C=O) groups excluding carboxylic acids is 1. The first-order valence-corrected chi connectivity index (χ1v) is 16.2. The number of aromatic nitrogens is 1. The van der Waals surface area contributed by atoms with Crippen molar-refractivity contribution in [1.29, 1.82) is 0 Å². The van der Waals surface area contributed by atoms with Crippen LogP contribution in [0.3, 0.4) is 0 Å². The summed E-state index contributed by atoms with van der Waals surface area (Å²) in [5, 5.41) is 12.6. The van der Waals surface area contributed by atoms with Crippen LogP contribution in [0.25, 0.3) is 32.9 Å². The topological polar surface area (TPSA) is 50.2 Å². The Morgan fingerprint density at radius 3 is 2.21 bits per heavy atom. The van der Waals surface area contributed by atoms with Crippen molar-refractivity contribution in [2.45, 2.75) is 106 Å². The van der Waals surface area contributed by atoms with Gasteiger partial charge in [0.1, 0.15) is 0 Å². The van der Waals surface area contributed by atoms with Crippen molar-refractivity contribution in [3.63, 3.8) is 0 Å². The first-order chi connectivity index (χ1) is 21.3. The van der Waals surface area contributed by atoms with Crippen LogP contribution in [0.2, 0.25) is 0 Å². The maximum absolute atomic E-state index is 11.6. The van der Waals surface area contributed by atoms with Gasteiger partial charge in [0.25, 0.3) is 5.78 Å². The first-order valence-electron chi connectivity index (χ1n) is 16.2. The summed E-state index contributed by atoms with van der Waals surface area (Å²) in [4.78, 5) is 15.5. The Kier molecular flexibility index (Phi) is 12.0. The average Bonchev–Trinajstić information content (AvgIpc) is 2.95. The molecule has 4 aromatic rings. The van der Waals surface area contributed by atoms with Crippen molar-refractivity contribution in [1.82, 2.24) is 4.98 Å². The van der Waals surface area contributed by atoms with Gasteiger partial charge in [0, 0.05) is 43.2 Å². The van der Waals surface area contributed by atoms with E-state index in [4.69, 9.17) is 10.1 Å². The van der Waals surface area contributed by atoms with Crippen molar-refractivity contribution in [3.8, 4) is 11.3 Å². The molecule has 0 atom stereocenters. The van der Waals surface area contributed by atoms with Gasteiger partial charge in [-0.25, -0.2) is 0 Å². The summed E-state index contributed by atoms with van der Waals surface area (Å²) in [6.07, 6.45) is 0.393. The molecule has 0 saturated heterocycles. The number of allylic oxidation sites excluding steroid dienone is 2. The van der Waals surface area contributed by atoms with Crippen LogP contribution in [-0.4, -0.2) is 22.1 Å². The number of rotatable bonds is 4. The van der Waals surface area contributed by atoms with E-state index in [0.29, 0.717) is 11.3 Å². The number of halogens is 3. The summed E-state index contributed by atoms with van der Waals surface area (Å²) in [5.74, 6) is -2.47. The third-order valence-corrected chi connectivity index (χ3v) is 9.07. The number of benzene rings is 3. The Labute approximate surface area is 291 Å². The number of carbonyl (C=O) groups is 1. The first kappa shape index (κ1) is 38.4. The molecule has 0 amide bonds. The van der Waals surface area contributed by atoms with E-state index in [1.165, 1.54) is 77.9 Å². The van der Waals surface area contributed by atoms with Gasteiger partial charge in [0.2, 0.25) is 0 Å². The quantitative estimate of drug-likeness (QED) is 0.127. The molecule has 1 aliphatic rings. The van der Waals surface area contributed by atoms with Gasteiger partial charge in [-0.1, -0.05) is 89.7 Å². The number of hydrogen-bond donors (Lipinski definition) is 1. The van der Waals surface area contributed by atoms with Crippen LogP contribution in [0, 0.1) is 31.2 Å². The fraction of sp³-hybridized carbons (Fsp3) is 0.450. The number of aliphatic hydroxyl groups excluding tert-OH is 1. The molecule has 255 valence electrons. The predicted molar refractivity (Wildman–Crippen MR) is 183 cm³/mol. The van der Waals surface area contributed by atoms with Crippen LogP contribution in [-0.2, 0) is 30.3 Å². The molecule has 7 heteroatoms. The number of aryl methyl sites for hydroxylation is 2. The van der Waals surface area contributed by atoms with Crippen LogP contribution < -0.4 is 0 Å². The van der Waals surface area contributed by atoms with Gasteiger partial charge in [0.15, 0.2) is 0 Å². The fourth-order valence-electron chi connectivity index (χ4n) is 6.33. The van der Waals surface area contributed by atoms with Crippen LogP contribution in [0.4, 0.5) is 13.2 Å². The molecule has 1 fully saturated rings. The second-order valence-electron chi connectivity index (χ2n) is 15.0. The molecular weight excluding hydrogens is 776 g/mol. The number of aliphatic hydroxyl groups is 1. The van der Waals surface area contributed by atoms with Crippen molar-refractivity contribution in [2.24, 2.45) is 11.3 Å². The van der Waals surface area contributed by atoms with E-state index in [1.807, 2.05) is 0 Å². The SMILES string of the molecule is CC(C)/C(O)=C/C(=O)C(F)(F)F.Cc1cc(C)c2c(C3CCC(C)(C)CC3)cc(-c3[c-]c4ccccc4c(C(C)(C)C)c3)nc2c1.[Ir]. The number of alkyl halides is 3. The Balaban J connectivity index is 0.000000397. The third-order valence-electron chi connectivity index (χ3n) is 9.07. The Bertz CT molecular complexity index is 1770. The molecule has 1 aliphatic carbocycles. The van der Waals surface area contributed by atoms with Crippen LogP contribution >= 0.6 is 0 Å². The number of fused-ring (bicyclic) bond motifs is 2. The Hall–Kier alpha value is -3.02. The summed E-state index contributed by atoms with van der Waals surface area (Å²) < 4.78 is 34.7. The Morgan fingerprint density at radius 1 is 1.02 bits per heavy atom. The summed E-state index contributed by atoms with van der Waals surface area (Å²) in [7, 11) is 0. The van der Waals surface area contributed by atoms with E-state index in [0.717, 1.165) is 16.8 Å². The zero-order chi connectivity index (χ0) is 34.2. The summed E-state index contributed by atoms with van der Waals surface area (Å²) in [6, 6.07) is 21.7. The molecule has 5 rings (SSSR count). The zero-order valence-corrected chi connectivity index (χ0v) is 31.3. The van der Waals surface area contributed by atoms with Crippen LogP contribution in [0.1, 0.15) is 102 Å². The number of ketones is 1. The molecule has 1 aromatic heterocycles. The second kappa shape index (κ2) is 14.6. The van der Waals surface area contributed by atoms with Gasteiger partial charge in [-0.2, -0.15) is 13.2 Å². The summed E-state index contributed by atoms with van der Waals surface area (Å²) in [6.45, 7) is 19.1. The van der Waals surface area contributed by atoms with E-state index in [9.17, 15) is 18.0 Å². The van der Waals surface area contributed by atoms with E-state index in [1.54, 1.807) is 0 Å². The largest absolute Gasteiger partial charge is 0.512 e. The molecule has 3 nitrogen and oxygen atoms in total. The van der Waals surface area contributed by atoms with Crippen molar-refractivity contribution in [3.05, 3.63) is 88.7 Å². The zero-order valence-electron chi connectivity index (χ0n) is 28.9. The molecule has 3 aromatic carbocycles. The van der Waals surface area contributed by atoms with Crippen molar-refractivity contribution < 1.29 is 43.2 Å². The minimum atomic E-state index is -4.90. The molecule has 1 saturated carbocycles. The molecule has 1 radical (unpaired) electrons. The minimum Gasteiger partial charge on any atom is -0.512 e. The van der Waals surface area contributed by atoms with Gasteiger partial charge < -0.3 is 5.11 Å². The molecule has 0 unspecified atom stereocenters. The average molecular weight is 823 g/mol. The monoisotopic (exact) mass is 823 g/mol. The van der Waals surface area contributed by atoms with Gasteiger partial charge in [0.05, 0.1) is 11.3 Å². The van der Waals surface area contributed by atoms with E-state index >= 15 is 0 Å². The maximum atomic E-state index is 11.6. The van der Waals surface area contributed by atoms with E-state index < -0.39 is 23.6 Å². The number of pyridine rings is 1. The predicted octanol–water partition coefficient (Wildman–Crippen LogP) is 11.7. The van der Waals surface area contributed by atoms with E-state index in [2.05, 4.69) is 103 Å². The van der Waals surface area contributed by atoms with Crippen LogP contribution in [0.5, 0.6) is 0 Å². The molecular formula is C40H47F3IrNO2-. The van der Waals surface area contributed by atoms with Gasteiger partial charge in [-0.05, 0) is 79.0 Å². The second-order valence-corrected chi connectivity index (χ2v) is 15.0. The molecule has 0 aliphatic heterocycles. The molecule has 1 N–H and O–H groups in total. The van der Waals surface area contributed by atoms with Crippen LogP contribution in [0.15, 0.2) is 60.4 Å².